The molecule has 0 atom stereocenters. The molecule has 2 heterocycles. The summed E-state index contributed by atoms with van der Waals surface area (Å²) in [4.78, 5) is 26.8. The number of hydrogen-bond donors (Lipinski definition) is 0. The van der Waals surface area contributed by atoms with Crippen molar-refractivity contribution in [3.63, 3.8) is 0 Å². The maximum absolute atomic E-state index is 13.0. The number of anilines is 1. The van der Waals surface area contributed by atoms with Crippen molar-refractivity contribution >= 4 is 17.3 Å². The summed E-state index contributed by atoms with van der Waals surface area (Å²) in [6.45, 7) is 1.23. The second kappa shape index (κ2) is 8.80. The van der Waals surface area contributed by atoms with Crippen LogP contribution in [0.3, 0.4) is 0 Å². The van der Waals surface area contributed by atoms with Gasteiger partial charge in [-0.2, -0.15) is 13.2 Å². The number of carbonyl (C=O) groups excluding carboxylic acids is 1. The molecule has 0 bridgehead atoms. The second-order valence-electron chi connectivity index (χ2n) is 8.10. The van der Waals surface area contributed by atoms with Gasteiger partial charge in [-0.05, 0) is 42.7 Å². The molecule has 8 nitrogen and oxygen atoms in total. The molecule has 0 saturated carbocycles. The fraction of sp³-hybridized carbons (Fsp3) is 0.409. The summed E-state index contributed by atoms with van der Waals surface area (Å²) in [5, 5.41) is 11.4. The third-order valence-electron chi connectivity index (χ3n) is 5.92. The summed E-state index contributed by atoms with van der Waals surface area (Å²) in [6.07, 6.45) is -3.77. The standard InChI is InChI=1S/C22H22F3N3O5/c1-26(12-14-2-5-19-20(10-14)33-13-32-19)21(29)15-6-8-27(9-7-15)17-4-3-16(22(23,24)25)11-18(17)28(30)31/h2-5,10-11,15H,6-9,12-13H2,1H3. The quantitative estimate of drug-likeness (QED) is 0.486. The third kappa shape index (κ3) is 4.81. The molecule has 4 rings (SSSR count). The molecule has 0 unspecified atom stereocenters. The van der Waals surface area contributed by atoms with E-state index in [2.05, 4.69) is 0 Å². The molecule has 0 spiro atoms. The Balaban J connectivity index is 1.39. The van der Waals surface area contributed by atoms with Crippen LogP contribution in [0.4, 0.5) is 24.5 Å². The maximum Gasteiger partial charge on any atom is 0.416 e. The number of nitro benzene ring substituents is 1. The van der Waals surface area contributed by atoms with Gasteiger partial charge in [-0.15, -0.1) is 0 Å². The van der Waals surface area contributed by atoms with E-state index < -0.39 is 22.4 Å². The Morgan fingerprint density at radius 1 is 1.15 bits per heavy atom. The number of nitro groups is 1. The summed E-state index contributed by atoms with van der Waals surface area (Å²) in [7, 11) is 1.71. The van der Waals surface area contributed by atoms with E-state index in [0.29, 0.717) is 50.0 Å². The van der Waals surface area contributed by atoms with Crippen molar-refractivity contribution in [3.05, 3.63) is 57.6 Å². The summed E-state index contributed by atoms with van der Waals surface area (Å²) in [6, 6.07) is 8.03. The lowest BCUT2D eigenvalue weighted by atomic mass is 9.94. The first kappa shape index (κ1) is 22.7. The van der Waals surface area contributed by atoms with E-state index in [-0.39, 0.29) is 24.3 Å². The van der Waals surface area contributed by atoms with Crippen LogP contribution in [0.15, 0.2) is 36.4 Å². The smallest absolute Gasteiger partial charge is 0.416 e. The number of alkyl halides is 3. The molecule has 11 heteroatoms. The number of benzene rings is 2. The van der Waals surface area contributed by atoms with Crippen LogP contribution in [0.2, 0.25) is 0 Å². The van der Waals surface area contributed by atoms with Crippen molar-refractivity contribution < 1.29 is 32.4 Å². The predicted octanol–water partition coefficient (Wildman–Crippen LogP) is 4.22. The van der Waals surface area contributed by atoms with Crippen LogP contribution in [0.5, 0.6) is 11.5 Å². The Bertz CT molecular complexity index is 1070. The average Bonchev–Trinajstić information content (AvgIpc) is 3.25. The summed E-state index contributed by atoms with van der Waals surface area (Å²) < 4.78 is 49.5. The highest BCUT2D eigenvalue weighted by Crippen LogP contribution is 2.38. The number of rotatable bonds is 5. The number of nitrogens with zero attached hydrogens (tertiary/aromatic N) is 3. The zero-order valence-electron chi connectivity index (χ0n) is 17.8. The number of hydrogen-bond acceptors (Lipinski definition) is 6. The maximum atomic E-state index is 13.0. The molecule has 1 fully saturated rings. The Morgan fingerprint density at radius 2 is 1.85 bits per heavy atom. The molecule has 0 N–H and O–H groups in total. The number of ether oxygens (including phenoxy) is 2. The van der Waals surface area contributed by atoms with Crippen LogP contribution < -0.4 is 14.4 Å². The van der Waals surface area contributed by atoms with Gasteiger partial charge in [0.25, 0.3) is 5.69 Å². The van der Waals surface area contributed by atoms with Crippen molar-refractivity contribution in [2.45, 2.75) is 25.6 Å². The first-order valence-corrected chi connectivity index (χ1v) is 10.4. The van der Waals surface area contributed by atoms with Crippen molar-refractivity contribution in [3.8, 4) is 11.5 Å². The van der Waals surface area contributed by atoms with Gasteiger partial charge in [-0.25, -0.2) is 0 Å². The van der Waals surface area contributed by atoms with Gasteiger partial charge in [0.05, 0.1) is 10.5 Å². The molecular weight excluding hydrogens is 443 g/mol. The highest BCUT2D eigenvalue weighted by atomic mass is 19.4. The van der Waals surface area contributed by atoms with E-state index in [1.807, 2.05) is 12.1 Å². The Hall–Kier alpha value is -3.50. The summed E-state index contributed by atoms with van der Waals surface area (Å²) >= 11 is 0. The van der Waals surface area contributed by atoms with Crippen LogP contribution in [0.1, 0.15) is 24.0 Å². The lowest BCUT2D eigenvalue weighted by molar-refractivity contribution is -0.384. The first-order chi connectivity index (χ1) is 15.6. The van der Waals surface area contributed by atoms with Crippen LogP contribution in [-0.2, 0) is 17.5 Å². The fourth-order valence-electron chi connectivity index (χ4n) is 4.18. The lowest BCUT2D eigenvalue weighted by Gasteiger charge is -2.34. The van der Waals surface area contributed by atoms with E-state index in [9.17, 15) is 28.1 Å². The van der Waals surface area contributed by atoms with Crippen LogP contribution in [0.25, 0.3) is 0 Å². The van der Waals surface area contributed by atoms with E-state index in [1.165, 1.54) is 0 Å². The molecule has 0 aliphatic carbocycles. The largest absolute Gasteiger partial charge is 0.454 e. The van der Waals surface area contributed by atoms with E-state index in [1.54, 1.807) is 22.9 Å². The molecule has 2 aliphatic heterocycles. The summed E-state index contributed by atoms with van der Waals surface area (Å²) in [5.74, 6) is 0.986. The van der Waals surface area contributed by atoms with Crippen molar-refractivity contribution in [1.29, 1.82) is 0 Å². The number of halogens is 3. The van der Waals surface area contributed by atoms with Crippen molar-refractivity contribution in [2.75, 3.05) is 31.8 Å². The fourth-order valence-corrected chi connectivity index (χ4v) is 4.18. The van der Waals surface area contributed by atoms with Gasteiger partial charge in [0.15, 0.2) is 11.5 Å². The normalized spacial score (nSPS) is 16.1. The lowest BCUT2D eigenvalue weighted by Crippen LogP contribution is -2.41. The Labute approximate surface area is 187 Å². The van der Waals surface area contributed by atoms with E-state index in [0.717, 1.165) is 17.7 Å². The topological polar surface area (TPSA) is 85.2 Å². The molecule has 33 heavy (non-hydrogen) atoms. The minimum atomic E-state index is -4.66. The average molecular weight is 465 g/mol. The van der Waals surface area contributed by atoms with Crippen molar-refractivity contribution in [2.24, 2.45) is 5.92 Å². The van der Waals surface area contributed by atoms with Gasteiger partial charge in [0, 0.05) is 38.7 Å². The Morgan fingerprint density at radius 3 is 2.52 bits per heavy atom. The van der Waals surface area contributed by atoms with Crippen molar-refractivity contribution in [1.82, 2.24) is 4.90 Å². The van der Waals surface area contributed by atoms with Gasteiger partial charge in [0.2, 0.25) is 12.7 Å². The van der Waals surface area contributed by atoms with Gasteiger partial charge >= 0.3 is 6.18 Å². The zero-order valence-corrected chi connectivity index (χ0v) is 17.8. The first-order valence-electron chi connectivity index (χ1n) is 10.4. The molecule has 1 amide bonds. The SMILES string of the molecule is CN(Cc1ccc2c(c1)OCO2)C(=O)C1CCN(c2ccc(C(F)(F)F)cc2[N+](=O)[O-])CC1. The van der Waals surface area contributed by atoms with Gasteiger partial charge in [-0.3, -0.25) is 14.9 Å². The highest BCUT2D eigenvalue weighted by molar-refractivity contribution is 5.79. The minimum absolute atomic E-state index is 0.0470. The molecular formula is C22H22F3N3O5. The second-order valence-corrected chi connectivity index (χ2v) is 8.10. The van der Waals surface area contributed by atoms with Crippen LogP contribution in [-0.4, -0.2) is 42.7 Å². The van der Waals surface area contributed by atoms with Crippen LogP contribution in [0, 0.1) is 16.0 Å². The molecule has 2 aromatic carbocycles. The monoisotopic (exact) mass is 465 g/mol. The third-order valence-corrected chi connectivity index (χ3v) is 5.92. The predicted molar refractivity (Wildman–Crippen MR) is 112 cm³/mol. The molecule has 2 aliphatic rings. The van der Waals surface area contributed by atoms with E-state index >= 15 is 0 Å². The molecule has 0 aromatic heterocycles. The number of carbonyl (C=O) groups is 1. The molecule has 176 valence electrons. The minimum Gasteiger partial charge on any atom is -0.454 e. The molecule has 2 aromatic rings. The highest BCUT2D eigenvalue weighted by Gasteiger charge is 2.35. The Kier molecular flexibility index (Phi) is 6.05. The summed E-state index contributed by atoms with van der Waals surface area (Å²) in [5.41, 5.74) is -0.622. The molecule has 1 saturated heterocycles. The van der Waals surface area contributed by atoms with Gasteiger partial charge in [-0.1, -0.05) is 6.07 Å². The number of piperidine rings is 1. The number of amides is 1. The van der Waals surface area contributed by atoms with Gasteiger partial charge < -0.3 is 19.3 Å². The molecule has 0 radical (unpaired) electrons. The van der Waals surface area contributed by atoms with Gasteiger partial charge in [0.1, 0.15) is 5.69 Å². The zero-order chi connectivity index (χ0) is 23.8. The van der Waals surface area contributed by atoms with Crippen LogP contribution >= 0.6 is 0 Å². The van der Waals surface area contributed by atoms with E-state index in [4.69, 9.17) is 9.47 Å². The number of fused-ring (bicyclic) bond motifs is 1.